The molecule has 0 saturated heterocycles. The summed E-state index contributed by atoms with van der Waals surface area (Å²) in [5.74, 6) is 0. The minimum Gasteiger partial charge on any atom is -0.308 e. The molecule has 0 saturated carbocycles. The van der Waals surface area contributed by atoms with E-state index in [2.05, 4.69) is 177 Å². The first-order valence-corrected chi connectivity index (χ1v) is 17.0. The molecule has 3 nitrogen and oxygen atoms in total. The molecule has 0 N–H and O–H groups in total. The van der Waals surface area contributed by atoms with Crippen molar-refractivity contribution in [2.45, 2.75) is 0 Å². The Morgan fingerprint density at radius 2 is 0.735 bits per heavy atom. The average molecular weight is 622 g/mol. The number of nitrogens with zero attached hydrogens (tertiary/aromatic N) is 3. The monoisotopic (exact) mass is 621 g/mol. The average Bonchev–Trinajstić information content (AvgIpc) is 3.88. The smallest absolute Gasteiger partial charge is 0.0782 e. The van der Waals surface area contributed by atoms with E-state index in [0.29, 0.717) is 0 Å². The lowest BCUT2D eigenvalue weighted by Crippen LogP contribution is -2.10. The maximum Gasteiger partial charge on any atom is 0.0782 e. The Hall–Kier alpha value is -6.58. The van der Waals surface area contributed by atoms with Crippen LogP contribution in [0.25, 0.3) is 87.0 Å². The first-order chi connectivity index (χ1) is 24.3. The molecule has 226 valence electrons. The number of hydrogen-bond acceptors (Lipinski definition) is 1. The van der Waals surface area contributed by atoms with E-state index in [1.165, 1.54) is 87.0 Å². The van der Waals surface area contributed by atoms with Gasteiger partial charge in [-0.25, -0.2) is 0 Å². The fourth-order valence-corrected chi connectivity index (χ4v) is 8.91. The van der Waals surface area contributed by atoms with Crippen molar-refractivity contribution >= 4 is 104 Å². The van der Waals surface area contributed by atoms with Gasteiger partial charge in [-0.15, -0.1) is 0 Å². The molecule has 8 aromatic carbocycles. The molecule has 0 radical (unpaired) electrons. The maximum atomic E-state index is 2.54. The molecular formula is C46H27N3. The molecule has 0 spiro atoms. The van der Waals surface area contributed by atoms with Gasteiger partial charge in [0, 0.05) is 54.5 Å². The van der Waals surface area contributed by atoms with Gasteiger partial charge >= 0.3 is 0 Å². The molecule has 0 amide bonds. The number of aromatic nitrogens is 2. The largest absolute Gasteiger partial charge is 0.308 e. The number of para-hydroxylation sites is 5. The molecule has 4 heterocycles. The third kappa shape index (κ3) is 3.17. The molecule has 4 aromatic heterocycles. The van der Waals surface area contributed by atoms with Crippen LogP contribution in [0, 0.1) is 0 Å². The first kappa shape index (κ1) is 25.5. The van der Waals surface area contributed by atoms with Crippen molar-refractivity contribution in [3.8, 4) is 0 Å². The summed E-state index contributed by atoms with van der Waals surface area (Å²) >= 11 is 0. The molecule has 0 aliphatic rings. The van der Waals surface area contributed by atoms with E-state index in [1.54, 1.807) is 0 Å². The van der Waals surface area contributed by atoms with Crippen molar-refractivity contribution in [1.29, 1.82) is 0 Å². The molecular weight excluding hydrogens is 595 g/mol. The van der Waals surface area contributed by atoms with E-state index in [-0.39, 0.29) is 0 Å². The highest BCUT2D eigenvalue weighted by atomic mass is 15.2. The Labute approximate surface area is 280 Å². The van der Waals surface area contributed by atoms with E-state index < -0.39 is 0 Å². The second-order valence-corrected chi connectivity index (χ2v) is 13.4. The molecule has 0 aliphatic carbocycles. The van der Waals surface area contributed by atoms with Gasteiger partial charge in [-0.1, -0.05) is 109 Å². The number of rotatable bonds is 3. The summed E-state index contributed by atoms with van der Waals surface area (Å²) in [6.07, 6.45) is 0. The third-order valence-electron chi connectivity index (χ3n) is 10.9. The first-order valence-electron chi connectivity index (χ1n) is 17.0. The maximum absolute atomic E-state index is 2.54. The van der Waals surface area contributed by atoms with E-state index in [4.69, 9.17) is 0 Å². The lowest BCUT2D eigenvalue weighted by molar-refractivity contribution is 1.27. The molecule has 0 unspecified atom stereocenters. The molecule has 0 aliphatic heterocycles. The fourth-order valence-electron chi connectivity index (χ4n) is 8.91. The number of anilines is 3. The highest BCUT2D eigenvalue weighted by molar-refractivity contribution is 6.30. The summed E-state index contributed by atoms with van der Waals surface area (Å²) in [4.78, 5) is 2.40. The number of hydrogen-bond donors (Lipinski definition) is 0. The lowest BCUT2D eigenvalue weighted by Gasteiger charge is -2.26. The fraction of sp³-hybridized carbons (Fsp3) is 0. The van der Waals surface area contributed by atoms with Gasteiger partial charge in [-0.2, -0.15) is 0 Å². The van der Waals surface area contributed by atoms with Crippen molar-refractivity contribution in [1.82, 2.24) is 8.80 Å². The Morgan fingerprint density at radius 1 is 0.306 bits per heavy atom. The van der Waals surface area contributed by atoms with Crippen LogP contribution in [0.1, 0.15) is 0 Å². The van der Waals surface area contributed by atoms with Crippen molar-refractivity contribution in [3.63, 3.8) is 0 Å². The highest BCUT2D eigenvalue weighted by Crippen LogP contribution is 2.48. The third-order valence-corrected chi connectivity index (χ3v) is 10.9. The molecule has 12 rings (SSSR count). The zero-order valence-electron chi connectivity index (χ0n) is 26.4. The van der Waals surface area contributed by atoms with Crippen molar-refractivity contribution in [2.24, 2.45) is 0 Å². The predicted molar refractivity (Wildman–Crippen MR) is 208 cm³/mol. The Bertz CT molecular complexity index is 3220. The van der Waals surface area contributed by atoms with E-state index in [0.717, 1.165) is 17.1 Å². The Morgan fingerprint density at radius 3 is 1.35 bits per heavy atom. The molecule has 0 bridgehead atoms. The number of fused-ring (bicyclic) bond motifs is 13. The highest BCUT2D eigenvalue weighted by Gasteiger charge is 2.25. The van der Waals surface area contributed by atoms with Gasteiger partial charge in [0.15, 0.2) is 0 Å². The minimum atomic E-state index is 1.14. The topological polar surface area (TPSA) is 12.1 Å². The van der Waals surface area contributed by atoms with Gasteiger partial charge in [0.1, 0.15) is 0 Å². The Balaban J connectivity index is 1.26. The van der Waals surface area contributed by atoms with Crippen LogP contribution in [-0.4, -0.2) is 8.80 Å². The van der Waals surface area contributed by atoms with Crippen molar-refractivity contribution < 1.29 is 0 Å². The van der Waals surface area contributed by atoms with Crippen LogP contribution in [0.5, 0.6) is 0 Å². The standard InChI is InChI=1S/C46H27N3/c1-3-14-30(15-4-1)47(31-16-5-2-6-17-31)40-23-11-22-33-32-18-9-21-36-39-26-42-38(27-43(39)49(45(32)36)46(33)40)35-20-10-19-34-37-24-28-12-7-8-13-29(28)25-41(37)48(42)44(34)35/h1-27H. The summed E-state index contributed by atoms with van der Waals surface area (Å²) in [6.45, 7) is 0. The van der Waals surface area contributed by atoms with Crippen LogP contribution in [0.15, 0.2) is 164 Å². The summed E-state index contributed by atoms with van der Waals surface area (Å²) in [7, 11) is 0. The van der Waals surface area contributed by atoms with E-state index in [9.17, 15) is 0 Å². The quantitative estimate of drug-likeness (QED) is 0.191. The van der Waals surface area contributed by atoms with Gasteiger partial charge < -0.3 is 13.7 Å². The van der Waals surface area contributed by atoms with Crippen LogP contribution >= 0.6 is 0 Å². The zero-order chi connectivity index (χ0) is 31.8. The van der Waals surface area contributed by atoms with E-state index in [1.807, 2.05) is 0 Å². The van der Waals surface area contributed by atoms with Crippen LogP contribution in [-0.2, 0) is 0 Å². The van der Waals surface area contributed by atoms with Gasteiger partial charge in [0.05, 0.1) is 38.8 Å². The summed E-state index contributed by atoms with van der Waals surface area (Å²) in [5, 5.41) is 12.9. The molecule has 12 aromatic rings. The van der Waals surface area contributed by atoms with Gasteiger partial charge in [0.2, 0.25) is 0 Å². The second-order valence-electron chi connectivity index (χ2n) is 13.4. The van der Waals surface area contributed by atoms with Gasteiger partial charge in [0.25, 0.3) is 0 Å². The van der Waals surface area contributed by atoms with Crippen LogP contribution in [0.2, 0.25) is 0 Å². The van der Waals surface area contributed by atoms with Crippen LogP contribution in [0.3, 0.4) is 0 Å². The molecule has 0 fully saturated rings. The predicted octanol–water partition coefficient (Wildman–Crippen LogP) is 12.6. The molecule has 3 heteroatoms. The Kier molecular flexibility index (Phi) is 4.72. The normalized spacial score (nSPS) is 12.5. The van der Waals surface area contributed by atoms with Gasteiger partial charge in [-0.3, -0.25) is 0 Å². The lowest BCUT2D eigenvalue weighted by atomic mass is 10.0. The summed E-state index contributed by atoms with van der Waals surface area (Å²) < 4.78 is 5.06. The van der Waals surface area contributed by atoms with Crippen molar-refractivity contribution in [3.05, 3.63) is 164 Å². The SMILES string of the molecule is c1ccc(N(c2ccccc2)c2cccc3c4cccc5c6cc7c(cc6n(c23)c54)c2cccc3c4cc5ccccc5cc4n7c32)cc1. The summed E-state index contributed by atoms with van der Waals surface area (Å²) in [5.41, 5.74) is 11.0. The zero-order valence-corrected chi connectivity index (χ0v) is 26.4. The second kappa shape index (κ2) is 9.06. The minimum absolute atomic E-state index is 1.14. The molecule has 49 heavy (non-hydrogen) atoms. The van der Waals surface area contributed by atoms with E-state index >= 15 is 0 Å². The summed E-state index contributed by atoms with van der Waals surface area (Å²) in [6, 6.07) is 60.3. The van der Waals surface area contributed by atoms with Crippen molar-refractivity contribution in [2.75, 3.05) is 4.90 Å². The van der Waals surface area contributed by atoms with Crippen LogP contribution < -0.4 is 4.90 Å². The van der Waals surface area contributed by atoms with Crippen LogP contribution in [0.4, 0.5) is 17.1 Å². The van der Waals surface area contributed by atoms with Gasteiger partial charge in [-0.05, 0) is 65.4 Å². The number of benzene rings is 8. The molecule has 0 atom stereocenters.